The highest BCUT2D eigenvalue weighted by atomic mass is 16.5. The molecule has 1 aromatic carbocycles. The molecule has 0 atom stereocenters. The number of carbonyl (C=O) groups is 1. The summed E-state index contributed by atoms with van der Waals surface area (Å²) >= 11 is 0. The molecule has 0 spiro atoms. The van der Waals surface area contributed by atoms with Crippen molar-refractivity contribution in [1.82, 2.24) is 15.2 Å². The molecule has 0 aliphatic carbocycles. The SMILES string of the molecule is COc1ccccc1N1CCN(C(=O)NCc2cccnc2)CC1. The first-order valence-corrected chi connectivity index (χ1v) is 8.07. The first kappa shape index (κ1) is 16.1. The van der Waals surface area contributed by atoms with Crippen molar-refractivity contribution in [3.63, 3.8) is 0 Å². The van der Waals surface area contributed by atoms with Crippen LogP contribution in [0.25, 0.3) is 0 Å². The number of carbonyl (C=O) groups excluding carboxylic acids is 1. The number of anilines is 1. The van der Waals surface area contributed by atoms with Crippen LogP contribution in [0.5, 0.6) is 5.75 Å². The smallest absolute Gasteiger partial charge is 0.317 e. The van der Waals surface area contributed by atoms with Crippen LogP contribution < -0.4 is 15.0 Å². The number of piperazine rings is 1. The largest absolute Gasteiger partial charge is 0.495 e. The lowest BCUT2D eigenvalue weighted by Gasteiger charge is -2.36. The number of aromatic nitrogens is 1. The molecule has 1 aliphatic rings. The molecule has 3 rings (SSSR count). The molecule has 0 radical (unpaired) electrons. The van der Waals surface area contributed by atoms with E-state index < -0.39 is 0 Å². The minimum Gasteiger partial charge on any atom is -0.495 e. The number of nitrogens with one attached hydrogen (secondary N) is 1. The molecule has 24 heavy (non-hydrogen) atoms. The molecule has 2 aromatic rings. The van der Waals surface area contributed by atoms with E-state index in [9.17, 15) is 4.79 Å². The van der Waals surface area contributed by atoms with Crippen molar-refractivity contribution in [2.45, 2.75) is 6.54 Å². The van der Waals surface area contributed by atoms with E-state index in [0.717, 1.165) is 30.1 Å². The van der Waals surface area contributed by atoms with E-state index in [1.54, 1.807) is 19.5 Å². The number of hydrogen-bond donors (Lipinski definition) is 1. The van der Waals surface area contributed by atoms with Gasteiger partial charge in [0.2, 0.25) is 0 Å². The average molecular weight is 326 g/mol. The van der Waals surface area contributed by atoms with E-state index in [1.807, 2.05) is 35.2 Å². The van der Waals surface area contributed by atoms with Crippen LogP contribution in [-0.4, -0.2) is 49.2 Å². The van der Waals surface area contributed by atoms with Crippen LogP contribution in [-0.2, 0) is 6.54 Å². The van der Waals surface area contributed by atoms with Crippen molar-refractivity contribution in [2.75, 3.05) is 38.2 Å². The summed E-state index contributed by atoms with van der Waals surface area (Å²) in [6, 6.07) is 11.8. The fourth-order valence-electron chi connectivity index (χ4n) is 2.83. The highest BCUT2D eigenvalue weighted by molar-refractivity contribution is 5.74. The minimum absolute atomic E-state index is 0.0291. The van der Waals surface area contributed by atoms with Crippen molar-refractivity contribution in [2.24, 2.45) is 0 Å². The molecule has 1 aromatic heterocycles. The van der Waals surface area contributed by atoms with Gasteiger partial charge in [0, 0.05) is 45.1 Å². The van der Waals surface area contributed by atoms with E-state index in [2.05, 4.69) is 21.3 Å². The third-order valence-corrected chi connectivity index (χ3v) is 4.16. The zero-order valence-corrected chi connectivity index (χ0v) is 13.8. The van der Waals surface area contributed by atoms with Crippen LogP contribution >= 0.6 is 0 Å². The molecule has 0 bridgehead atoms. The lowest BCUT2D eigenvalue weighted by atomic mass is 10.2. The molecule has 1 aliphatic heterocycles. The topological polar surface area (TPSA) is 57.7 Å². The Morgan fingerprint density at radius 2 is 1.96 bits per heavy atom. The van der Waals surface area contributed by atoms with Gasteiger partial charge >= 0.3 is 6.03 Å². The van der Waals surface area contributed by atoms with Crippen molar-refractivity contribution < 1.29 is 9.53 Å². The number of hydrogen-bond acceptors (Lipinski definition) is 4. The Morgan fingerprint density at radius 3 is 2.67 bits per heavy atom. The number of methoxy groups -OCH3 is 1. The van der Waals surface area contributed by atoms with Crippen LogP contribution in [0, 0.1) is 0 Å². The standard InChI is InChI=1S/C18H22N4O2/c1-24-17-7-3-2-6-16(17)21-9-11-22(12-10-21)18(23)20-14-15-5-4-8-19-13-15/h2-8,13H,9-12,14H2,1H3,(H,20,23). The van der Waals surface area contributed by atoms with Gasteiger partial charge in [0.25, 0.3) is 0 Å². The van der Waals surface area contributed by atoms with E-state index in [-0.39, 0.29) is 6.03 Å². The molecule has 2 heterocycles. The fraction of sp³-hybridized carbons (Fsp3) is 0.333. The number of pyridine rings is 1. The van der Waals surface area contributed by atoms with Gasteiger partial charge in [0.05, 0.1) is 12.8 Å². The Bertz CT molecular complexity index is 670. The van der Waals surface area contributed by atoms with Gasteiger partial charge < -0.3 is 19.9 Å². The zero-order valence-electron chi connectivity index (χ0n) is 13.8. The third-order valence-electron chi connectivity index (χ3n) is 4.16. The predicted molar refractivity (Wildman–Crippen MR) is 93.3 cm³/mol. The Morgan fingerprint density at radius 1 is 1.17 bits per heavy atom. The molecule has 126 valence electrons. The number of nitrogens with zero attached hydrogens (tertiary/aromatic N) is 3. The first-order valence-electron chi connectivity index (χ1n) is 8.07. The number of ether oxygens (including phenoxy) is 1. The van der Waals surface area contributed by atoms with E-state index in [0.29, 0.717) is 19.6 Å². The normalized spacial score (nSPS) is 14.4. The van der Waals surface area contributed by atoms with E-state index in [4.69, 9.17) is 4.74 Å². The van der Waals surface area contributed by atoms with Crippen LogP contribution in [0.4, 0.5) is 10.5 Å². The maximum Gasteiger partial charge on any atom is 0.317 e. The van der Waals surface area contributed by atoms with Crippen LogP contribution in [0.2, 0.25) is 0 Å². The van der Waals surface area contributed by atoms with Crippen molar-refractivity contribution in [3.8, 4) is 5.75 Å². The lowest BCUT2D eigenvalue weighted by Crippen LogP contribution is -2.51. The summed E-state index contributed by atoms with van der Waals surface area (Å²) in [5.41, 5.74) is 2.08. The summed E-state index contributed by atoms with van der Waals surface area (Å²) < 4.78 is 5.42. The summed E-state index contributed by atoms with van der Waals surface area (Å²) in [4.78, 5) is 20.4. The molecule has 1 fully saturated rings. The van der Waals surface area contributed by atoms with Gasteiger partial charge in [-0.1, -0.05) is 18.2 Å². The second-order valence-corrected chi connectivity index (χ2v) is 5.67. The summed E-state index contributed by atoms with van der Waals surface area (Å²) in [6.45, 7) is 3.47. The van der Waals surface area contributed by atoms with Crippen molar-refractivity contribution in [1.29, 1.82) is 0 Å². The lowest BCUT2D eigenvalue weighted by molar-refractivity contribution is 0.194. The van der Waals surface area contributed by atoms with Crippen molar-refractivity contribution >= 4 is 11.7 Å². The fourth-order valence-corrected chi connectivity index (χ4v) is 2.83. The first-order chi connectivity index (χ1) is 11.8. The molecular formula is C18H22N4O2. The molecule has 0 saturated carbocycles. The summed E-state index contributed by atoms with van der Waals surface area (Å²) in [7, 11) is 1.68. The predicted octanol–water partition coefficient (Wildman–Crippen LogP) is 2.12. The Kier molecular flexibility index (Phi) is 5.15. The number of para-hydroxylation sites is 2. The molecular weight excluding hydrogens is 304 g/mol. The van der Waals surface area contributed by atoms with Gasteiger partial charge in [-0.05, 0) is 23.8 Å². The van der Waals surface area contributed by atoms with Crippen molar-refractivity contribution in [3.05, 3.63) is 54.4 Å². The number of amides is 2. The molecule has 1 saturated heterocycles. The Balaban J connectivity index is 1.52. The van der Waals surface area contributed by atoms with Crippen LogP contribution in [0.1, 0.15) is 5.56 Å². The second-order valence-electron chi connectivity index (χ2n) is 5.67. The van der Waals surface area contributed by atoms with Crippen LogP contribution in [0.3, 0.4) is 0 Å². The van der Waals surface area contributed by atoms with Gasteiger partial charge in [0.15, 0.2) is 0 Å². The third kappa shape index (κ3) is 3.76. The summed E-state index contributed by atoms with van der Waals surface area (Å²) in [5.74, 6) is 0.868. The molecule has 6 heteroatoms. The highest BCUT2D eigenvalue weighted by Crippen LogP contribution is 2.28. The van der Waals surface area contributed by atoms with Gasteiger partial charge in [0.1, 0.15) is 5.75 Å². The number of rotatable bonds is 4. The number of urea groups is 1. The zero-order chi connectivity index (χ0) is 16.8. The molecule has 1 N–H and O–H groups in total. The highest BCUT2D eigenvalue weighted by Gasteiger charge is 2.22. The second kappa shape index (κ2) is 7.68. The quantitative estimate of drug-likeness (QED) is 0.935. The Labute approximate surface area is 142 Å². The van der Waals surface area contributed by atoms with E-state index >= 15 is 0 Å². The molecule has 0 unspecified atom stereocenters. The monoisotopic (exact) mass is 326 g/mol. The molecule has 6 nitrogen and oxygen atoms in total. The average Bonchev–Trinajstić information content (AvgIpc) is 2.67. The maximum atomic E-state index is 12.3. The maximum absolute atomic E-state index is 12.3. The van der Waals surface area contributed by atoms with Gasteiger partial charge in [-0.3, -0.25) is 4.98 Å². The van der Waals surface area contributed by atoms with Gasteiger partial charge in [-0.15, -0.1) is 0 Å². The summed E-state index contributed by atoms with van der Waals surface area (Å²) in [6.07, 6.45) is 3.49. The van der Waals surface area contributed by atoms with E-state index in [1.165, 1.54) is 0 Å². The molecule has 2 amide bonds. The summed E-state index contributed by atoms with van der Waals surface area (Å²) in [5, 5.41) is 2.95. The minimum atomic E-state index is -0.0291. The van der Waals surface area contributed by atoms with Gasteiger partial charge in [-0.2, -0.15) is 0 Å². The Hall–Kier alpha value is -2.76. The van der Waals surface area contributed by atoms with Crippen LogP contribution in [0.15, 0.2) is 48.8 Å². The van der Waals surface area contributed by atoms with Gasteiger partial charge in [-0.25, -0.2) is 4.79 Å². The number of benzene rings is 1.